The van der Waals surface area contributed by atoms with E-state index in [-0.39, 0.29) is 24.6 Å². The van der Waals surface area contributed by atoms with E-state index in [9.17, 15) is 4.79 Å². The fourth-order valence-electron chi connectivity index (χ4n) is 2.14. The van der Waals surface area contributed by atoms with Gasteiger partial charge in [-0.25, -0.2) is 9.78 Å². The number of ether oxygens (including phenoxy) is 1. The molecule has 0 aromatic carbocycles. The Morgan fingerprint density at radius 1 is 1.74 bits per heavy atom. The Labute approximate surface area is 121 Å². The molecule has 3 rings (SSSR count). The van der Waals surface area contributed by atoms with Crippen LogP contribution in [-0.4, -0.2) is 40.2 Å². The molecule has 1 aromatic heterocycles. The van der Waals surface area contributed by atoms with Gasteiger partial charge < -0.3 is 15.8 Å². The molecule has 0 radical (unpaired) electrons. The molecule has 8 heteroatoms. The number of carbonyl (C=O) groups excluding carboxylic acids is 1. The van der Waals surface area contributed by atoms with Gasteiger partial charge in [-0.15, -0.1) is 12.4 Å². The molecular formula is C11H15ClN4O2S. The molecule has 0 bridgehead atoms. The monoisotopic (exact) mass is 302 g/mol. The largest absolute Gasteiger partial charge is 0.443 e. The first kappa shape index (κ1) is 14.2. The number of rotatable bonds is 2. The van der Waals surface area contributed by atoms with Crippen LogP contribution >= 0.6 is 24.2 Å². The summed E-state index contributed by atoms with van der Waals surface area (Å²) in [5.74, 6) is 0.800. The third-order valence-electron chi connectivity index (χ3n) is 3.08. The lowest BCUT2D eigenvalue weighted by molar-refractivity contribution is 0.130. The Morgan fingerprint density at radius 3 is 3.16 bits per heavy atom. The molecule has 104 valence electrons. The SMILES string of the molecule is CC1(N2C[C@H](CN)OC2=O)Nc2ncccc2S1.Cl. The van der Waals surface area contributed by atoms with Crippen LogP contribution in [0.3, 0.4) is 0 Å². The molecule has 1 aromatic rings. The maximum Gasteiger partial charge on any atom is 0.412 e. The maximum atomic E-state index is 11.9. The van der Waals surface area contributed by atoms with Crippen molar-refractivity contribution in [3.05, 3.63) is 18.3 Å². The summed E-state index contributed by atoms with van der Waals surface area (Å²) in [7, 11) is 0. The maximum absolute atomic E-state index is 11.9. The van der Waals surface area contributed by atoms with Crippen molar-refractivity contribution in [1.82, 2.24) is 9.88 Å². The second-order valence-corrected chi connectivity index (χ2v) is 5.85. The normalized spacial score (nSPS) is 28.4. The van der Waals surface area contributed by atoms with Gasteiger partial charge in [0.25, 0.3) is 0 Å². The lowest BCUT2D eigenvalue weighted by Crippen LogP contribution is -2.48. The first-order valence-corrected chi connectivity index (χ1v) is 6.54. The van der Waals surface area contributed by atoms with Gasteiger partial charge in [-0.05, 0) is 19.1 Å². The minimum absolute atomic E-state index is 0. The summed E-state index contributed by atoms with van der Waals surface area (Å²) in [5, 5.41) is 3.26. The van der Waals surface area contributed by atoms with Crippen LogP contribution in [0.1, 0.15) is 6.92 Å². The molecule has 1 saturated heterocycles. The van der Waals surface area contributed by atoms with Crippen molar-refractivity contribution >= 4 is 36.1 Å². The van der Waals surface area contributed by atoms with Gasteiger partial charge in [-0.3, -0.25) is 4.90 Å². The zero-order valence-electron chi connectivity index (χ0n) is 10.3. The molecule has 3 heterocycles. The van der Waals surface area contributed by atoms with Crippen molar-refractivity contribution in [3.63, 3.8) is 0 Å². The molecule has 0 aliphatic carbocycles. The number of carbonyl (C=O) groups is 1. The van der Waals surface area contributed by atoms with Crippen LogP contribution in [0.25, 0.3) is 0 Å². The molecule has 2 aliphatic rings. The van der Waals surface area contributed by atoms with Crippen molar-refractivity contribution < 1.29 is 9.53 Å². The molecule has 0 spiro atoms. The zero-order valence-corrected chi connectivity index (χ0v) is 12.0. The fourth-order valence-corrected chi connectivity index (χ4v) is 3.32. The van der Waals surface area contributed by atoms with Crippen LogP contribution in [-0.2, 0) is 4.74 Å². The van der Waals surface area contributed by atoms with Gasteiger partial charge in [-0.1, -0.05) is 11.8 Å². The van der Waals surface area contributed by atoms with Crippen molar-refractivity contribution in [3.8, 4) is 0 Å². The molecular weight excluding hydrogens is 288 g/mol. The number of nitrogens with zero attached hydrogens (tertiary/aromatic N) is 2. The number of fused-ring (bicyclic) bond motifs is 1. The molecule has 2 aliphatic heterocycles. The second kappa shape index (κ2) is 5.07. The number of thioether (sulfide) groups is 1. The summed E-state index contributed by atoms with van der Waals surface area (Å²) < 4.78 is 5.19. The number of nitrogens with one attached hydrogen (secondary N) is 1. The first-order valence-electron chi connectivity index (χ1n) is 5.73. The zero-order chi connectivity index (χ0) is 12.8. The van der Waals surface area contributed by atoms with Crippen molar-refractivity contribution in [2.75, 3.05) is 18.4 Å². The molecule has 1 fully saturated rings. The van der Waals surface area contributed by atoms with Crippen molar-refractivity contribution in [2.45, 2.75) is 22.9 Å². The van der Waals surface area contributed by atoms with E-state index in [2.05, 4.69) is 10.3 Å². The number of anilines is 1. The number of aromatic nitrogens is 1. The highest BCUT2D eigenvalue weighted by atomic mass is 35.5. The van der Waals surface area contributed by atoms with Crippen LogP contribution in [0.4, 0.5) is 10.6 Å². The quantitative estimate of drug-likeness (QED) is 0.861. The summed E-state index contributed by atoms with van der Waals surface area (Å²) in [5.41, 5.74) is 5.54. The van der Waals surface area contributed by atoms with E-state index in [0.29, 0.717) is 13.1 Å². The fraction of sp³-hybridized carbons (Fsp3) is 0.455. The highest BCUT2D eigenvalue weighted by molar-refractivity contribution is 8.01. The molecule has 6 nitrogen and oxygen atoms in total. The Bertz CT molecular complexity index is 476. The number of hydrogen-bond donors (Lipinski definition) is 2. The molecule has 2 atom stereocenters. The predicted molar refractivity (Wildman–Crippen MR) is 75.4 cm³/mol. The standard InChI is InChI=1S/C11H14N4O2S.ClH/c1-11(15-6-7(5-12)17-10(15)16)14-9-8(18-11)3-2-4-13-9;/h2-4,7H,5-6,12H2,1H3,(H,13,14);1H/t7-,11?;/m0./s1. The Hall–Kier alpha value is -1.18. The van der Waals surface area contributed by atoms with Crippen molar-refractivity contribution in [2.24, 2.45) is 5.73 Å². The first-order chi connectivity index (χ1) is 8.62. The van der Waals surface area contributed by atoms with Gasteiger partial charge >= 0.3 is 6.09 Å². The molecule has 1 unspecified atom stereocenters. The van der Waals surface area contributed by atoms with E-state index in [1.54, 1.807) is 22.9 Å². The van der Waals surface area contributed by atoms with Crippen molar-refractivity contribution in [1.29, 1.82) is 0 Å². The molecule has 1 amide bonds. The van der Waals surface area contributed by atoms with Crippen LogP contribution in [0, 0.1) is 0 Å². The van der Waals surface area contributed by atoms with Crippen LogP contribution in [0.2, 0.25) is 0 Å². The Morgan fingerprint density at radius 2 is 2.53 bits per heavy atom. The summed E-state index contributed by atoms with van der Waals surface area (Å²) in [4.78, 5) is 18.3. The second-order valence-electron chi connectivity index (χ2n) is 4.41. The van der Waals surface area contributed by atoms with Gasteiger partial charge in [0.05, 0.1) is 11.4 Å². The number of amides is 1. The number of hydrogen-bond acceptors (Lipinski definition) is 6. The summed E-state index contributed by atoms with van der Waals surface area (Å²) in [6, 6.07) is 3.86. The highest BCUT2D eigenvalue weighted by Gasteiger charge is 2.47. The van der Waals surface area contributed by atoms with Crippen LogP contribution in [0.5, 0.6) is 0 Å². The van der Waals surface area contributed by atoms with Crippen LogP contribution in [0.15, 0.2) is 23.2 Å². The Balaban J connectivity index is 0.00000133. The van der Waals surface area contributed by atoms with E-state index < -0.39 is 4.99 Å². The molecule has 19 heavy (non-hydrogen) atoms. The number of cyclic esters (lactones) is 1. The lowest BCUT2D eigenvalue weighted by atomic mass is 10.3. The molecule has 0 saturated carbocycles. The summed E-state index contributed by atoms with van der Waals surface area (Å²) in [6.07, 6.45) is 1.16. The highest BCUT2D eigenvalue weighted by Crippen LogP contribution is 2.46. The lowest BCUT2D eigenvalue weighted by Gasteiger charge is -2.32. The average molecular weight is 303 g/mol. The van der Waals surface area contributed by atoms with Gasteiger partial charge in [0.2, 0.25) is 0 Å². The third kappa shape index (κ3) is 2.33. The average Bonchev–Trinajstić information content (AvgIpc) is 2.89. The van der Waals surface area contributed by atoms with E-state index in [4.69, 9.17) is 10.5 Å². The predicted octanol–water partition coefficient (Wildman–Crippen LogP) is 1.47. The number of pyridine rings is 1. The van der Waals surface area contributed by atoms with Crippen LogP contribution < -0.4 is 11.1 Å². The number of nitrogens with two attached hydrogens (primary N) is 1. The Kier molecular flexibility index (Phi) is 3.80. The third-order valence-corrected chi connectivity index (χ3v) is 4.35. The van der Waals surface area contributed by atoms with Gasteiger partial charge in [0.1, 0.15) is 11.9 Å². The summed E-state index contributed by atoms with van der Waals surface area (Å²) >= 11 is 1.56. The minimum atomic E-state index is -0.558. The number of halogens is 1. The summed E-state index contributed by atoms with van der Waals surface area (Å²) in [6.45, 7) is 2.79. The van der Waals surface area contributed by atoms with E-state index >= 15 is 0 Å². The smallest absolute Gasteiger partial charge is 0.412 e. The van der Waals surface area contributed by atoms with E-state index in [1.807, 2.05) is 19.1 Å². The van der Waals surface area contributed by atoms with E-state index in [0.717, 1.165) is 10.7 Å². The van der Waals surface area contributed by atoms with Gasteiger partial charge in [0.15, 0.2) is 4.99 Å². The topological polar surface area (TPSA) is 80.5 Å². The van der Waals surface area contributed by atoms with Gasteiger partial charge in [-0.2, -0.15) is 0 Å². The van der Waals surface area contributed by atoms with E-state index in [1.165, 1.54) is 0 Å². The minimum Gasteiger partial charge on any atom is -0.443 e. The molecule has 3 N–H and O–H groups in total. The van der Waals surface area contributed by atoms with Gasteiger partial charge in [0, 0.05) is 12.7 Å².